The van der Waals surface area contributed by atoms with Crippen molar-refractivity contribution in [3.63, 3.8) is 0 Å². The van der Waals surface area contributed by atoms with Gasteiger partial charge < -0.3 is 4.74 Å². The molecule has 0 atom stereocenters. The number of nitrogens with one attached hydrogen (secondary N) is 1. The molecule has 0 aliphatic heterocycles. The van der Waals surface area contributed by atoms with E-state index >= 15 is 0 Å². The number of anilines is 1. The van der Waals surface area contributed by atoms with Crippen molar-refractivity contribution < 1.29 is 17.9 Å². The Morgan fingerprint density at radius 3 is 2.31 bits per heavy atom. The summed E-state index contributed by atoms with van der Waals surface area (Å²) in [5.41, 5.74) is 0.492. The van der Waals surface area contributed by atoms with Crippen LogP contribution in [0.1, 0.15) is 6.92 Å². The zero-order valence-corrected chi connectivity index (χ0v) is 9.87. The van der Waals surface area contributed by atoms with E-state index in [1.165, 1.54) is 24.3 Å². The summed E-state index contributed by atoms with van der Waals surface area (Å²) < 4.78 is 27.0. The highest BCUT2D eigenvalue weighted by Crippen LogP contribution is 2.13. The van der Waals surface area contributed by atoms with Crippen LogP contribution in [0.15, 0.2) is 29.2 Å². The van der Waals surface area contributed by atoms with Gasteiger partial charge in [0, 0.05) is 11.9 Å². The quantitative estimate of drug-likeness (QED) is 0.876. The number of ether oxygens (including phenoxy) is 1. The van der Waals surface area contributed by atoms with Gasteiger partial charge in [-0.2, -0.15) is 0 Å². The van der Waals surface area contributed by atoms with Gasteiger partial charge in [-0.1, -0.05) is 0 Å². The zero-order valence-electron chi connectivity index (χ0n) is 9.06. The molecule has 0 bridgehead atoms. The van der Waals surface area contributed by atoms with Crippen LogP contribution >= 0.6 is 0 Å². The molecule has 0 saturated carbocycles. The van der Waals surface area contributed by atoms with Gasteiger partial charge in [0.15, 0.2) is 9.84 Å². The molecule has 0 aliphatic carbocycles. The number of carbonyl (C=O) groups is 1. The summed E-state index contributed by atoms with van der Waals surface area (Å²) in [6.07, 6.45) is 0.565. The number of benzene rings is 1. The predicted molar refractivity (Wildman–Crippen MR) is 60.2 cm³/mol. The van der Waals surface area contributed by atoms with E-state index in [0.29, 0.717) is 5.69 Å². The van der Waals surface area contributed by atoms with E-state index < -0.39 is 15.9 Å². The van der Waals surface area contributed by atoms with Crippen molar-refractivity contribution in [2.45, 2.75) is 11.8 Å². The molecule has 0 aromatic heterocycles. The molecular formula is C10H13NO4S. The van der Waals surface area contributed by atoms with Crippen molar-refractivity contribution >= 4 is 21.6 Å². The van der Waals surface area contributed by atoms with Crippen LogP contribution in [-0.2, 0) is 14.6 Å². The molecule has 1 rings (SSSR count). The average Bonchev–Trinajstić information content (AvgIpc) is 2.17. The molecule has 0 saturated heterocycles. The van der Waals surface area contributed by atoms with Gasteiger partial charge in [0.2, 0.25) is 0 Å². The highest BCUT2D eigenvalue weighted by atomic mass is 32.2. The SMILES string of the molecule is CCOC(=O)Nc1ccc(S(C)(=O)=O)cc1. The first-order chi connectivity index (χ1) is 7.43. The van der Waals surface area contributed by atoms with E-state index in [4.69, 9.17) is 0 Å². The third kappa shape index (κ3) is 3.54. The Hall–Kier alpha value is -1.56. The minimum absolute atomic E-state index is 0.210. The summed E-state index contributed by atoms with van der Waals surface area (Å²) in [6, 6.07) is 5.87. The monoisotopic (exact) mass is 243 g/mol. The van der Waals surface area contributed by atoms with E-state index in [9.17, 15) is 13.2 Å². The van der Waals surface area contributed by atoms with E-state index in [0.717, 1.165) is 6.26 Å². The molecule has 0 spiro atoms. The van der Waals surface area contributed by atoms with Gasteiger partial charge in [-0.05, 0) is 31.2 Å². The second-order valence-electron chi connectivity index (χ2n) is 3.14. The molecule has 1 N–H and O–H groups in total. The third-order valence-corrected chi connectivity index (χ3v) is 2.93. The van der Waals surface area contributed by atoms with Crippen molar-refractivity contribution in [3.05, 3.63) is 24.3 Å². The number of rotatable bonds is 3. The minimum atomic E-state index is -3.20. The fourth-order valence-corrected chi connectivity index (χ4v) is 1.70. The molecule has 0 radical (unpaired) electrons. The Morgan fingerprint density at radius 2 is 1.88 bits per heavy atom. The van der Waals surface area contributed by atoms with Gasteiger partial charge in [0.1, 0.15) is 0 Å². The zero-order chi connectivity index (χ0) is 12.2. The van der Waals surface area contributed by atoms with Crippen LogP contribution in [-0.4, -0.2) is 27.4 Å². The molecule has 88 valence electrons. The van der Waals surface area contributed by atoms with Crippen LogP contribution in [0, 0.1) is 0 Å². The van der Waals surface area contributed by atoms with E-state index in [1.54, 1.807) is 6.92 Å². The van der Waals surface area contributed by atoms with E-state index in [2.05, 4.69) is 10.1 Å². The topological polar surface area (TPSA) is 72.5 Å². The lowest BCUT2D eigenvalue weighted by Crippen LogP contribution is -2.13. The second kappa shape index (κ2) is 4.98. The number of amides is 1. The number of hydrogen-bond acceptors (Lipinski definition) is 4. The molecule has 0 fully saturated rings. The Kier molecular flexibility index (Phi) is 3.89. The minimum Gasteiger partial charge on any atom is -0.450 e. The molecule has 0 unspecified atom stereocenters. The van der Waals surface area contributed by atoms with Crippen molar-refractivity contribution in [2.75, 3.05) is 18.2 Å². The molecule has 0 heterocycles. The summed E-state index contributed by atoms with van der Waals surface area (Å²) >= 11 is 0. The van der Waals surface area contributed by atoms with E-state index in [-0.39, 0.29) is 11.5 Å². The number of hydrogen-bond donors (Lipinski definition) is 1. The summed E-state index contributed by atoms with van der Waals surface area (Å²) in [7, 11) is -3.20. The van der Waals surface area contributed by atoms with Gasteiger partial charge in [-0.25, -0.2) is 13.2 Å². The van der Waals surface area contributed by atoms with Crippen molar-refractivity contribution in [1.29, 1.82) is 0 Å². The third-order valence-electron chi connectivity index (χ3n) is 1.80. The number of sulfone groups is 1. The Balaban J connectivity index is 2.76. The van der Waals surface area contributed by atoms with Gasteiger partial charge in [0.05, 0.1) is 11.5 Å². The van der Waals surface area contributed by atoms with Gasteiger partial charge in [0.25, 0.3) is 0 Å². The standard InChI is InChI=1S/C10H13NO4S/c1-3-15-10(12)11-8-4-6-9(7-5-8)16(2,13)14/h4-7H,3H2,1-2H3,(H,11,12). The second-order valence-corrected chi connectivity index (χ2v) is 5.16. The molecule has 0 aliphatic rings. The van der Waals surface area contributed by atoms with Crippen LogP contribution in [0.2, 0.25) is 0 Å². The first-order valence-corrected chi connectivity index (χ1v) is 6.56. The Morgan fingerprint density at radius 1 is 1.31 bits per heavy atom. The van der Waals surface area contributed by atoms with Crippen LogP contribution in [0.25, 0.3) is 0 Å². The maximum absolute atomic E-state index is 11.2. The fourth-order valence-electron chi connectivity index (χ4n) is 1.07. The van der Waals surface area contributed by atoms with Crippen LogP contribution in [0.4, 0.5) is 10.5 Å². The van der Waals surface area contributed by atoms with Gasteiger partial charge in [-0.3, -0.25) is 5.32 Å². The molecule has 6 heteroatoms. The van der Waals surface area contributed by atoms with Crippen LogP contribution in [0.3, 0.4) is 0 Å². The average molecular weight is 243 g/mol. The highest BCUT2D eigenvalue weighted by molar-refractivity contribution is 7.90. The predicted octanol–water partition coefficient (Wildman–Crippen LogP) is 1.66. The summed E-state index contributed by atoms with van der Waals surface area (Å²) in [5.74, 6) is 0. The molecule has 5 nitrogen and oxygen atoms in total. The van der Waals surface area contributed by atoms with Crippen LogP contribution < -0.4 is 5.32 Å². The molecule has 1 amide bonds. The van der Waals surface area contributed by atoms with Gasteiger partial charge >= 0.3 is 6.09 Å². The van der Waals surface area contributed by atoms with Crippen molar-refractivity contribution in [1.82, 2.24) is 0 Å². The van der Waals surface area contributed by atoms with Gasteiger partial charge in [-0.15, -0.1) is 0 Å². The summed E-state index contributed by atoms with van der Waals surface area (Å²) in [5, 5.41) is 2.47. The van der Waals surface area contributed by atoms with Crippen molar-refractivity contribution in [2.24, 2.45) is 0 Å². The fraction of sp³-hybridized carbons (Fsp3) is 0.300. The first kappa shape index (κ1) is 12.5. The molecule has 1 aromatic rings. The van der Waals surface area contributed by atoms with Crippen molar-refractivity contribution in [3.8, 4) is 0 Å². The van der Waals surface area contributed by atoms with Crippen LogP contribution in [0.5, 0.6) is 0 Å². The largest absolute Gasteiger partial charge is 0.450 e. The lowest BCUT2D eigenvalue weighted by atomic mass is 10.3. The normalized spacial score (nSPS) is 10.9. The Labute approximate surface area is 94.3 Å². The molecular weight excluding hydrogens is 230 g/mol. The maximum atomic E-state index is 11.2. The lowest BCUT2D eigenvalue weighted by molar-refractivity contribution is 0.168. The smallest absolute Gasteiger partial charge is 0.411 e. The molecule has 16 heavy (non-hydrogen) atoms. The summed E-state index contributed by atoms with van der Waals surface area (Å²) in [6.45, 7) is 1.99. The first-order valence-electron chi connectivity index (χ1n) is 4.67. The maximum Gasteiger partial charge on any atom is 0.411 e. The van der Waals surface area contributed by atoms with E-state index in [1.807, 2.05) is 0 Å². The molecule has 1 aromatic carbocycles. The Bertz CT molecular complexity index is 464. The highest BCUT2D eigenvalue weighted by Gasteiger charge is 2.07. The summed E-state index contributed by atoms with van der Waals surface area (Å²) in [4.78, 5) is 11.3. The lowest BCUT2D eigenvalue weighted by Gasteiger charge is -2.05. The number of carbonyl (C=O) groups excluding carboxylic acids is 1.